The molecule has 8 heteroatoms. The molecule has 0 unspecified atom stereocenters. The molecule has 0 fully saturated rings. The van der Waals surface area contributed by atoms with E-state index in [0.717, 1.165) is 6.26 Å². The average molecular weight is 235 g/mol. The molecule has 0 aromatic carbocycles. The van der Waals surface area contributed by atoms with Gasteiger partial charge in [0.1, 0.15) is 6.26 Å². The lowest BCUT2D eigenvalue weighted by atomic mass is 10.6. The first-order valence-electron chi connectivity index (χ1n) is 4.08. The van der Waals surface area contributed by atoms with Crippen LogP contribution in [0.2, 0.25) is 0 Å². The molecule has 0 spiro atoms. The largest absolute Gasteiger partial charge is 0.459 e. The van der Waals surface area contributed by atoms with Crippen LogP contribution in [0.25, 0.3) is 0 Å². The Hall–Kier alpha value is -1.17. The van der Waals surface area contributed by atoms with Crippen LogP contribution < -0.4 is 0 Å². The first-order chi connectivity index (χ1) is 6.92. The molecule has 1 aromatic rings. The van der Waals surface area contributed by atoms with Crippen molar-refractivity contribution in [3.05, 3.63) is 17.8 Å². The smallest absolute Gasteiger partial charge is 0.394 e. The number of carbonyl (C=O) groups excluding carboxylic acids is 1. The van der Waals surface area contributed by atoms with Gasteiger partial charge in [-0.15, -0.1) is 0 Å². The second kappa shape index (κ2) is 4.57. The van der Waals surface area contributed by atoms with Crippen LogP contribution in [0.1, 0.15) is 23.3 Å². The maximum Gasteiger partial charge on any atom is 0.394 e. The van der Waals surface area contributed by atoms with Gasteiger partial charge in [-0.2, -0.15) is 0 Å². The minimum absolute atomic E-state index is 0.0198. The number of rotatable bonds is 4. The zero-order chi connectivity index (χ0) is 11.5. The fourth-order valence-electron chi connectivity index (χ4n) is 0.877. The zero-order valence-corrected chi connectivity index (χ0v) is 8.81. The van der Waals surface area contributed by atoms with E-state index in [9.17, 15) is 9.36 Å². The molecule has 0 atom stereocenters. The molecule has 1 rings (SSSR count). The van der Waals surface area contributed by atoms with Crippen LogP contribution in [0.15, 0.2) is 10.7 Å². The number of ether oxygens (including phenoxy) is 1. The van der Waals surface area contributed by atoms with Crippen molar-refractivity contribution in [3.63, 3.8) is 0 Å². The van der Waals surface area contributed by atoms with E-state index in [-0.39, 0.29) is 18.2 Å². The number of nitrogens with zero attached hydrogens (tertiary/aromatic N) is 1. The number of hydrogen-bond acceptors (Lipinski definition) is 5. The quantitative estimate of drug-likeness (QED) is 0.578. The molecule has 1 aromatic heterocycles. The molecule has 0 aliphatic heterocycles. The van der Waals surface area contributed by atoms with E-state index in [4.69, 9.17) is 14.2 Å². The maximum atomic E-state index is 11.1. The van der Waals surface area contributed by atoms with Crippen molar-refractivity contribution in [2.45, 2.75) is 13.1 Å². The van der Waals surface area contributed by atoms with Crippen molar-refractivity contribution in [1.82, 2.24) is 4.98 Å². The van der Waals surface area contributed by atoms with E-state index in [0.29, 0.717) is 0 Å². The van der Waals surface area contributed by atoms with Gasteiger partial charge in [-0.3, -0.25) is 4.57 Å². The van der Waals surface area contributed by atoms with Gasteiger partial charge in [0.25, 0.3) is 0 Å². The Bertz CT molecular complexity index is 394. The summed E-state index contributed by atoms with van der Waals surface area (Å²) in [6.45, 7) is 1.80. The number of esters is 1. The van der Waals surface area contributed by atoms with Crippen LogP contribution in [0.4, 0.5) is 0 Å². The number of oxazole rings is 1. The SMILES string of the molecule is CCOC(=O)c1nc(CP(=O)(O)O)co1. The molecule has 0 saturated carbocycles. The van der Waals surface area contributed by atoms with Crippen LogP contribution in [0.5, 0.6) is 0 Å². The third kappa shape index (κ3) is 3.83. The van der Waals surface area contributed by atoms with Crippen molar-refractivity contribution in [3.8, 4) is 0 Å². The lowest BCUT2D eigenvalue weighted by Crippen LogP contribution is -2.05. The van der Waals surface area contributed by atoms with Gasteiger partial charge in [0.05, 0.1) is 18.5 Å². The molecule has 0 bridgehead atoms. The van der Waals surface area contributed by atoms with Gasteiger partial charge < -0.3 is 18.9 Å². The highest BCUT2D eigenvalue weighted by Crippen LogP contribution is 2.38. The normalized spacial score (nSPS) is 11.4. The summed E-state index contributed by atoms with van der Waals surface area (Å²) in [4.78, 5) is 31.9. The zero-order valence-electron chi connectivity index (χ0n) is 7.91. The molecule has 2 N–H and O–H groups in total. The van der Waals surface area contributed by atoms with E-state index in [1.807, 2.05) is 0 Å². The molecule has 0 radical (unpaired) electrons. The van der Waals surface area contributed by atoms with Crippen molar-refractivity contribution in [2.75, 3.05) is 6.61 Å². The van der Waals surface area contributed by atoms with Crippen molar-refractivity contribution in [1.29, 1.82) is 0 Å². The highest BCUT2D eigenvalue weighted by atomic mass is 31.2. The molecule has 0 amide bonds. The minimum atomic E-state index is -4.19. The van der Waals surface area contributed by atoms with Crippen molar-refractivity contribution >= 4 is 13.6 Å². The predicted molar refractivity (Wildman–Crippen MR) is 48.2 cm³/mol. The Balaban J connectivity index is 2.72. The standard InChI is InChI=1S/C7H10NO6P/c1-2-13-7(9)6-8-5(3-14-6)4-15(10,11)12/h3H,2,4H2,1H3,(H2,10,11,12). The lowest BCUT2D eigenvalue weighted by molar-refractivity contribution is 0.0480. The summed E-state index contributed by atoms with van der Waals surface area (Å²) in [5.41, 5.74) is 0.0198. The van der Waals surface area contributed by atoms with Crippen LogP contribution >= 0.6 is 7.60 Å². The Morgan fingerprint density at radius 2 is 2.33 bits per heavy atom. The minimum Gasteiger partial charge on any atom is -0.459 e. The molecule has 7 nitrogen and oxygen atoms in total. The average Bonchev–Trinajstić information content (AvgIpc) is 2.50. The second-order valence-corrected chi connectivity index (χ2v) is 4.33. The Morgan fingerprint density at radius 3 is 2.87 bits per heavy atom. The van der Waals surface area contributed by atoms with Gasteiger partial charge in [-0.1, -0.05) is 0 Å². The van der Waals surface area contributed by atoms with E-state index in [1.54, 1.807) is 6.92 Å². The summed E-state index contributed by atoms with van der Waals surface area (Å²) in [7, 11) is -4.19. The molecule has 15 heavy (non-hydrogen) atoms. The van der Waals surface area contributed by atoms with Crippen molar-refractivity contribution in [2.24, 2.45) is 0 Å². The van der Waals surface area contributed by atoms with Gasteiger partial charge in [0.15, 0.2) is 0 Å². The monoisotopic (exact) mass is 235 g/mol. The van der Waals surface area contributed by atoms with Gasteiger partial charge in [0.2, 0.25) is 0 Å². The highest BCUT2D eigenvalue weighted by Gasteiger charge is 2.20. The van der Waals surface area contributed by atoms with Gasteiger partial charge >= 0.3 is 19.5 Å². The molecule has 0 aliphatic rings. The van der Waals surface area contributed by atoms with E-state index < -0.39 is 19.7 Å². The van der Waals surface area contributed by atoms with E-state index in [2.05, 4.69) is 9.72 Å². The lowest BCUT2D eigenvalue weighted by Gasteiger charge is -1.98. The summed E-state index contributed by atoms with van der Waals surface area (Å²) in [6, 6.07) is 0. The third-order valence-electron chi connectivity index (χ3n) is 1.37. The predicted octanol–water partition coefficient (Wildman–Crippen LogP) is 0.529. The van der Waals surface area contributed by atoms with Crippen LogP contribution in [0, 0.1) is 0 Å². The topological polar surface area (TPSA) is 110 Å². The summed E-state index contributed by atoms with van der Waals surface area (Å²) in [5.74, 6) is -1.06. The second-order valence-electron chi connectivity index (χ2n) is 2.69. The van der Waals surface area contributed by atoms with E-state index in [1.165, 1.54) is 0 Å². The molecule has 84 valence electrons. The third-order valence-corrected chi connectivity index (χ3v) is 2.11. The van der Waals surface area contributed by atoms with Gasteiger partial charge in [0, 0.05) is 0 Å². The van der Waals surface area contributed by atoms with Crippen LogP contribution in [-0.2, 0) is 15.5 Å². The number of carbonyl (C=O) groups is 1. The van der Waals surface area contributed by atoms with E-state index >= 15 is 0 Å². The van der Waals surface area contributed by atoms with Crippen molar-refractivity contribution < 1.29 is 28.3 Å². The van der Waals surface area contributed by atoms with Gasteiger partial charge in [-0.25, -0.2) is 9.78 Å². The Morgan fingerprint density at radius 1 is 1.67 bits per heavy atom. The van der Waals surface area contributed by atoms with Gasteiger partial charge in [-0.05, 0) is 6.92 Å². The summed E-state index contributed by atoms with van der Waals surface area (Å²) in [5, 5.41) is 0. The maximum absolute atomic E-state index is 11.1. The fraction of sp³-hybridized carbons (Fsp3) is 0.429. The molecular weight excluding hydrogens is 225 g/mol. The molecule has 1 heterocycles. The Kier molecular flexibility index (Phi) is 3.62. The molecule has 0 aliphatic carbocycles. The number of aromatic nitrogens is 1. The first kappa shape index (κ1) is 11.9. The van der Waals surface area contributed by atoms with Crippen LogP contribution in [0.3, 0.4) is 0 Å². The molecule has 0 saturated heterocycles. The first-order valence-corrected chi connectivity index (χ1v) is 5.88. The fourth-order valence-corrected chi connectivity index (χ4v) is 1.44. The number of hydrogen-bond donors (Lipinski definition) is 2. The summed E-state index contributed by atoms with van der Waals surface area (Å²) >= 11 is 0. The van der Waals surface area contributed by atoms with Crippen LogP contribution in [-0.4, -0.2) is 27.3 Å². The Labute approximate surface area is 85.2 Å². The summed E-state index contributed by atoms with van der Waals surface area (Å²) in [6.07, 6.45) is 0.460. The molecular formula is C7H10NO6P. The highest BCUT2D eigenvalue weighted by molar-refractivity contribution is 7.50. The summed E-state index contributed by atoms with van der Waals surface area (Å²) < 4.78 is 19.9.